The fraction of sp³-hybridized carbons (Fsp3) is 0.174. The number of nitrogens with zero attached hydrogens (tertiary/aromatic N) is 3. The molecule has 0 amide bonds. The van der Waals surface area contributed by atoms with Crippen LogP contribution in [-0.2, 0) is 10.0 Å². The third-order valence-corrected chi connectivity index (χ3v) is 7.09. The van der Waals surface area contributed by atoms with E-state index >= 15 is 4.39 Å². The number of pyridine rings is 1. The molecule has 0 saturated heterocycles. The van der Waals surface area contributed by atoms with Crippen molar-refractivity contribution in [1.82, 2.24) is 15.0 Å². The number of aromatic nitrogens is 3. The first-order chi connectivity index (χ1) is 16.7. The van der Waals surface area contributed by atoms with Gasteiger partial charge in [-0.1, -0.05) is 23.7 Å². The summed E-state index contributed by atoms with van der Waals surface area (Å²) in [6, 6.07) is 8.86. The second-order valence-electron chi connectivity index (χ2n) is 7.52. The first-order valence-corrected chi connectivity index (χ1v) is 12.2. The monoisotopic (exact) mass is 516 g/mol. The molecule has 0 fully saturated rings. The molecule has 0 saturated carbocycles. The highest BCUT2D eigenvalue weighted by Crippen LogP contribution is 2.36. The average molecular weight is 517 g/mol. The van der Waals surface area contributed by atoms with Crippen LogP contribution in [0.3, 0.4) is 0 Å². The Morgan fingerprint density at radius 3 is 2.51 bits per heavy atom. The van der Waals surface area contributed by atoms with Gasteiger partial charge in [-0.25, -0.2) is 22.8 Å². The van der Waals surface area contributed by atoms with Crippen LogP contribution in [0.25, 0.3) is 22.2 Å². The van der Waals surface area contributed by atoms with Crippen LogP contribution < -0.4 is 20.1 Å². The van der Waals surface area contributed by atoms with Gasteiger partial charge >= 0.3 is 0 Å². The van der Waals surface area contributed by atoms with Crippen LogP contribution in [0.15, 0.2) is 47.5 Å². The Balaban J connectivity index is 1.80. The standard InChI is InChI=1S/C23H22ClFN6O3S/c1-12-8-18(34-4)19(10-16(12)24)35(32,33)31-17-7-5-6-14(20(17)25)15-9-13-11-28-23(27-3)30-21(13)29-22(15)26-2/h5-11,31H,1-4H3,(H2,26,27,28,29,30). The fourth-order valence-corrected chi connectivity index (χ4v) is 4.97. The molecule has 0 spiro atoms. The molecule has 2 heterocycles. The largest absolute Gasteiger partial charge is 0.495 e. The summed E-state index contributed by atoms with van der Waals surface area (Å²) in [6.45, 7) is 1.72. The van der Waals surface area contributed by atoms with Crippen molar-refractivity contribution in [2.45, 2.75) is 11.8 Å². The molecule has 2 aromatic carbocycles. The van der Waals surface area contributed by atoms with Gasteiger partial charge in [0.2, 0.25) is 5.95 Å². The topological polar surface area (TPSA) is 118 Å². The molecule has 4 aromatic rings. The van der Waals surface area contributed by atoms with Gasteiger partial charge in [0, 0.05) is 41.8 Å². The molecule has 0 bridgehead atoms. The lowest BCUT2D eigenvalue weighted by Crippen LogP contribution is -2.15. The van der Waals surface area contributed by atoms with E-state index in [1.54, 1.807) is 39.3 Å². The Morgan fingerprint density at radius 2 is 1.83 bits per heavy atom. The Hall–Kier alpha value is -3.70. The smallest absolute Gasteiger partial charge is 0.265 e. The maximum absolute atomic E-state index is 15.7. The van der Waals surface area contributed by atoms with E-state index in [1.807, 2.05) is 0 Å². The second kappa shape index (κ2) is 9.51. The quantitative estimate of drug-likeness (QED) is 0.324. The van der Waals surface area contributed by atoms with Crippen LogP contribution in [0.1, 0.15) is 5.56 Å². The molecule has 0 aliphatic carbocycles. The lowest BCUT2D eigenvalue weighted by Gasteiger charge is -2.16. The number of aryl methyl sites for hydroxylation is 1. The number of benzene rings is 2. The second-order valence-corrected chi connectivity index (χ2v) is 9.57. The molecular formula is C23H22ClFN6O3S. The van der Waals surface area contributed by atoms with Gasteiger partial charge in [-0.3, -0.25) is 4.72 Å². The number of hydrogen-bond donors (Lipinski definition) is 3. The zero-order valence-electron chi connectivity index (χ0n) is 19.3. The molecule has 0 unspecified atom stereocenters. The molecule has 9 nitrogen and oxygen atoms in total. The van der Waals surface area contributed by atoms with Gasteiger partial charge in [-0.2, -0.15) is 4.98 Å². The van der Waals surface area contributed by atoms with E-state index in [9.17, 15) is 8.42 Å². The van der Waals surface area contributed by atoms with E-state index in [0.717, 1.165) is 0 Å². The lowest BCUT2D eigenvalue weighted by molar-refractivity contribution is 0.402. The highest BCUT2D eigenvalue weighted by molar-refractivity contribution is 7.92. The predicted molar refractivity (Wildman–Crippen MR) is 135 cm³/mol. The number of sulfonamides is 1. The molecule has 4 rings (SSSR count). The zero-order valence-corrected chi connectivity index (χ0v) is 20.8. The van der Waals surface area contributed by atoms with Crippen molar-refractivity contribution in [3.8, 4) is 16.9 Å². The molecule has 182 valence electrons. The summed E-state index contributed by atoms with van der Waals surface area (Å²) in [5.74, 6) is 0.0740. The van der Waals surface area contributed by atoms with E-state index < -0.39 is 15.8 Å². The normalized spacial score (nSPS) is 11.4. The van der Waals surface area contributed by atoms with E-state index in [-0.39, 0.29) is 26.9 Å². The molecule has 3 N–H and O–H groups in total. The summed E-state index contributed by atoms with van der Waals surface area (Å²) in [6.07, 6.45) is 1.57. The van der Waals surface area contributed by atoms with Gasteiger partial charge in [-0.05, 0) is 36.8 Å². The van der Waals surface area contributed by atoms with E-state index in [1.165, 1.54) is 31.4 Å². The lowest BCUT2D eigenvalue weighted by atomic mass is 10.0. The van der Waals surface area contributed by atoms with Crippen molar-refractivity contribution >= 4 is 50.1 Å². The molecule has 12 heteroatoms. The van der Waals surface area contributed by atoms with Gasteiger partial charge in [0.1, 0.15) is 16.5 Å². The first kappa shape index (κ1) is 24.4. The fourth-order valence-electron chi connectivity index (χ4n) is 3.50. The van der Waals surface area contributed by atoms with Crippen molar-refractivity contribution in [1.29, 1.82) is 0 Å². The van der Waals surface area contributed by atoms with E-state index in [0.29, 0.717) is 33.9 Å². The Kier molecular flexibility index (Phi) is 6.64. The average Bonchev–Trinajstić information content (AvgIpc) is 2.85. The van der Waals surface area contributed by atoms with Crippen molar-refractivity contribution < 1.29 is 17.5 Å². The van der Waals surface area contributed by atoms with Crippen molar-refractivity contribution in [2.75, 3.05) is 36.6 Å². The minimum atomic E-state index is -4.23. The molecular weight excluding hydrogens is 495 g/mol. The number of nitrogens with one attached hydrogen (secondary N) is 3. The van der Waals surface area contributed by atoms with Crippen LogP contribution in [-0.4, -0.2) is 44.6 Å². The van der Waals surface area contributed by atoms with E-state index in [4.69, 9.17) is 16.3 Å². The van der Waals surface area contributed by atoms with Crippen LogP contribution in [0.4, 0.5) is 21.8 Å². The van der Waals surface area contributed by atoms with Gasteiger partial charge in [-0.15, -0.1) is 0 Å². The number of rotatable bonds is 7. The number of hydrogen-bond acceptors (Lipinski definition) is 8. The van der Waals surface area contributed by atoms with Gasteiger partial charge in [0.15, 0.2) is 11.5 Å². The van der Waals surface area contributed by atoms with Crippen molar-refractivity contribution in [3.63, 3.8) is 0 Å². The van der Waals surface area contributed by atoms with Crippen LogP contribution in [0.2, 0.25) is 5.02 Å². The highest BCUT2D eigenvalue weighted by Gasteiger charge is 2.24. The van der Waals surface area contributed by atoms with Crippen molar-refractivity contribution in [3.05, 3.63) is 59.0 Å². The maximum Gasteiger partial charge on any atom is 0.265 e. The summed E-state index contributed by atoms with van der Waals surface area (Å²) >= 11 is 6.14. The Morgan fingerprint density at radius 1 is 1.06 bits per heavy atom. The SMILES string of the molecule is CNc1ncc2cc(-c3cccc(NS(=O)(=O)c4cc(Cl)c(C)cc4OC)c3F)c(NC)nc2n1. The first-order valence-electron chi connectivity index (χ1n) is 10.4. The Bertz CT molecular complexity index is 1550. The summed E-state index contributed by atoms with van der Waals surface area (Å²) in [7, 11) is 0.452. The van der Waals surface area contributed by atoms with E-state index in [2.05, 4.69) is 30.3 Å². The molecule has 0 aliphatic heterocycles. The number of methoxy groups -OCH3 is 1. The summed E-state index contributed by atoms with van der Waals surface area (Å²) in [4.78, 5) is 12.8. The number of fused-ring (bicyclic) bond motifs is 1. The third-order valence-electron chi connectivity index (χ3n) is 5.30. The van der Waals surface area contributed by atoms with Gasteiger partial charge in [0.05, 0.1) is 12.8 Å². The molecule has 35 heavy (non-hydrogen) atoms. The van der Waals surface area contributed by atoms with Crippen LogP contribution >= 0.6 is 11.6 Å². The number of anilines is 3. The minimum absolute atomic E-state index is 0.0908. The Labute approximate surface area is 206 Å². The summed E-state index contributed by atoms with van der Waals surface area (Å²) in [5.41, 5.74) is 1.36. The van der Waals surface area contributed by atoms with Crippen molar-refractivity contribution in [2.24, 2.45) is 0 Å². The number of halogens is 2. The molecule has 0 aliphatic rings. The minimum Gasteiger partial charge on any atom is -0.495 e. The number of ether oxygens (including phenoxy) is 1. The van der Waals surface area contributed by atoms with Gasteiger partial charge < -0.3 is 15.4 Å². The van der Waals surface area contributed by atoms with Gasteiger partial charge in [0.25, 0.3) is 10.0 Å². The zero-order chi connectivity index (χ0) is 25.3. The molecule has 0 atom stereocenters. The maximum atomic E-state index is 15.7. The summed E-state index contributed by atoms with van der Waals surface area (Å²) < 4.78 is 49.5. The molecule has 0 radical (unpaired) electrons. The summed E-state index contributed by atoms with van der Waals surface area (Å²) in [5, 5.41) is 6.61. The van der Waals surface area contributed by atoms with Crippen LogP contribution in [0.5, 0.6) is 5.75 Å². The molecule has 2 aromatic heterocycles. The third kappa shape index (κ3) is 4.64. The highest BCUT2D eigenvalue weighted by atomic mass is 35.5. The predicted octanol–water partition coefficient (Wildman–Crippen LogP) is 4.69. The van der Waals surface area contributed by atoms with Crippen LogP contribution in [0, 0.1) is 12.7 Å².